The lowest BCUT2D eigenvalue weighted by atomic mass is 9.94. The second kappa shape index (κ2) is 6.76. The third-order valence-electron chi connectivity index (χ3n) is 4.45. The molecular formula is C23H20O. The van der Waals surface area contributed by atoms with Crippen LogP contribution < -0.4 is 0 Å². The van der Waals surface area contributed by atoms with E-state index in [1.54, 1.807) is 0 Å². The van der Waals surface area contributed by atoms with Crippen LogP contribution in [0.1, 0.15) is 24.0 Å². The van der Waals surface area contributed by atoms with Gasteiger partial charge >= 0.3 is 0 Å². The Morgan fingerprint density at radius 1 is 0.625 bits per heavy atom. The molecule has 1 saturated heterocycles. The second-order valence-electron chi connectivity index (χ2n) is 6.06. The number of allylic oxidation sites excluding steroid dienone is 1. The van der Waals surface area contributed by atoms with Crippen LogP contribution in [-0.2, 0) is 4.74 Å². The number of hydrogen-bond donors (Lipinski definition) is 0. The van der Waals surface area contributed by atoms with Gasteiger partial charge in [0.1, 0.15) is 5.76 Å². The molecule has 0 unspecified atom stereocenters. The predicted octanol–water partition coefficient (Wildman–Crippen LogP) is 5.92. The summed E-state index contributed by atoms with van der Waals surface area (Å²) in [6.07, 6.45) is 2.12. The van der Waals surface area contributed by atoms with Crippen LogP contribution in [0.25, 0.3) is 16.7 Å². The molecule has 1 aliphatic rings. The quantitative estimate of drug-likeness (QED) is 0.583. The topological polar surface area (TPSA) is 9.23 Å². The molecule has 0 amide bonds. The van der Waals surface area contributed by atoms with Crippen molar-refractivity contribution in [2.24, 2.45) is 0 Å². The van der Waals surface area contributed by atoms with Crippen molar-refractivity contribution in [1.29, 1.82) is 0 Å². The molecule has 1 aliphatic heterocycles. The highest BCUT2D eigenvalue weighted by molar-refractivity contribution is 5.82. The van der Waals surface area contributed by atoms with E-state index in [0.29, 0.717) is 0 Å². The molecule has 24 heavy (non-hydrogen) atoms. The number of benzene rings is 3. The van der Waals surface area contributed by atoms with E-state index < -0.39 is 0 Å². The van der Waals surface area contributed by atoms with E-state index in [9.17, 15) is 0 Å². The van der Waals surface area contributed by atoms with E-state index in [2.05, 4.69) is 78.9 Å². The van der Waals surface area contributed by atoms with Gasteiger partial charge in [-0.1, -0.05) is 84.9 Å². The normalized spacial score (nSPS) is 15.8. The predicted molar refractivity (Wildman–Crippen MR) is 99.5 cm³/mol. The van der Waals surface area contributed by atoms with E-state index in [0.717, 1.165) is 25.2 Å². The lowest BCUT2D eigenvalue weighted by molar-refractivity contribution is 0.265. The van der Waals surface area contributed by atoms with Gasteiger partial charge in [0.15, 0.2) is 0 Å². The first-order chi connectivity index (χ1) is 11.9. The van der Waals surface area contributed by atoms with Crippen molar-refractivity contribution in [1.82, 2.24) is 0 Å². The first kappa shape index (κ1) is 14.8. The zero-order chi connectivity index (χ0) is 16.2. The van der Waals surface area contributed by atoms with Crippen LogP contribution in [0.5, 0.6) is 0 Å². The Labute approximate surface area is 143 Å². The minimum atomic E-state index is 0.827. The van der Waals surface area contributed by atoms with Crippen LogP contribution in [0.2, 0.25) is 0 Å². The molecule has 4 rings (SSSR count). The zero-order valence-corrected chi connectivity index (χ0v) is 13.6. The number of ether oxygens (including phenoxy) is 1. The summed E-state index contributed by atoms with van der Waals surface area (Å²) >= 11 is 0. The molecule has 0 aliphatic carbocycles. The molecule has 1 nitrogen and oxygen atoms in total. The van der Waals surface area contributed by atoms with E-state index in [1.807, 2.05) is 6.07 Å². The van der Waals surface area contributed by atoms with Gasteiger partial charge in [-0.15, -0.1) is 0 Å². The number of rotatable bonds is 3. The van der Waals surface area contributed by atoms with Crippen LogP contribution in [0.15, 0.2) is 90.7 Å². The fourth-order valence-electron chi connectivity index (χ4n) is 3.25. The summed E-state index contributed by atoms with van der Waals surface area (Å²) in [6, 6.07) is 29.9. The van der Waals surface area contributed by atoms with Crippen LogP contribution >= 0.6 is 0 Å². The smallest absolute Gasteiger partial charge is 0.104 e. The molecule has 0 N–H and O–H groups in total. The van der Waals surface area contributed by atoms with Gasteiger partial charge in [-0.25, -0.2) is 0 Å². The Balaban J connectivity index is 1.76. The zero-order valence-electron chi connectivity index (χ0n) is 13.6. The molecule has 1 fully saturated rings. The largest absolute Gasteiger partial charge is 0.497 e. The average molecular weight is 312 g/mol. The Morgan fingerprint density at radius 2 is 1.21 bits per heavy atom. The van der Waals surface area contributed by atoms with Crippen molar-refractivity contribution in [3.8, 4) is 11.1 Å². The summed E-state index contributed by atoms with van der Waals surface area (Å²) < 4.78 is 5.92. The van der Waals surface area contributed by atoms with Crippen molar-refractivity contribution in [3.05, 3.63) is 102 Å². The first-order valence-electron chi connectivity index (χ1n) is 8.49. The maximum atomic E-state index is 5.92. The molecule has 0 radical (unpaired) electrons. The third kappa shape index (κ3) is 2.98. The highest BCUT2D eigenvalue weighted by atomic mass is 16.5. The van der Waals surface area contributed by atoms with Gasteiger partial charge in [-0.05, 0) is 28.7 Å². The summed E-state index contributed by atoms with van der Waals surface area (Å²) in [6.45, 7) is 0.827. The molecule has 3 aromatic rings. The van der Waals surface area contributed by atoms with Gasteiger partial charge in [-0.3, -0.25) is 0 Å². The molecular weight excluding hydrogens is 292 g/mol. The van der Waals surface area contributed by atoms with E-state index in [1.165, 1.54) is 27.8 Å². The fraction of sp³-hybridized carbons (Fsp3) is 0.130. The van der Waals surface area contributed by atoms with Gasteiger partial charge in [0.2, 0.25) is 0 Å². The fourth-order valence-corrected chi connectivity index (χ4v) is 3.25. The van der Waals surface area contributed by atoms with Crippen LogP contribution in [0, 0.1) is 0 Å². The van der Waals surface area contributed by atoms with Crippen molar-refractivity contribution in [3.63, 3.8) is 0 Å². The van der Waals surface area contributed by atoms with Crippen molar-refractivity contribution in [2.75, 3.05) is 6.61 Å². The minimum absolute atomic E-state index is 0.827. The lowest BCUT2D eigenvalue weighted by Gasteiger charge is -2.13. The van der Waals surface area contributed by atoms with Crippen LogP contribution in [-0.4, -0.2) is 6.61 Å². The standard InChI is InChI=1S/C23H20O/c1-3-8-18(9-4-1)19-13-15-21(16-14-19)23(22-12-7-17-24-22)20-10-5-2-6-11-20/h1-6,8-11,13-16H,7,12,17H2/b23-22+. The molecule has 0 aromatic heterocycles. The molecule has 0 atom stereocenters. The molecule has 0 saturated carbocycles. The van der Waals surface area contributed by atoms with E-state index >= 15 is 0 Å². The second-order valence-corrected chi connectivity index (χ2v) is 6.06. The molecule has 3 aromatic carbocycles. The molecule has 1 heteroatoms. The summed E-state index contributed by atoms with van der Waals surface area (Å²) in [5, 5.41) is 0. The Hall–Kier alpha value is -2.80. The first-order valence-corrected chi connectivity index (χ1v) is 8.49. The Kier molecular flexibility index (Phi) is 4.16. The maximum Gasteiger partial charge on any atom is 0.104 e. The van der Waals surface area contributed by atoms with Gasteiger partial charge in [0.05, 0.1) is 6.61 Å². The molecule has 0 bridgehead atoms. The van der Waals surface area contributed by atoms with Gasteiger partial charge < -0.3 is 4.74 Å². The van der Waals surface area contributed by atoms with E-state index in [-0.39, 0.29) is 0 Å². The van der Waals surface area contributed by atoms with Gasteiger partial charge in [0.25, 0.3) is 0 Å². The van der Waals surface area contributed by atoms with Crippen molar-refractivity contribution >= 4 is 5.57 Å². The molecule has 0 spiro atoms. The number of hydrogen-bond acceptors (Lipinski definition) is 1. The Bertz CT molecular complexity index is 822. The van der Waals surface area contributed by atoms with Crippen molar-refractivity contribution < 1.29 is 4.74 Å². The summed E-state index contributed by atoms with van der Waals surface area (Å²) in [4.78, 5) is 0. The summed E-state index contributed by atoms with van der Waals surface area (Å²) in [5.74, 6) is 1.12. The van der Waals surface area contributed by atoms with E-state index in [4.69, 9.17) is 4.74 Å². The third-order valence-corrected chi connectivity index (χ3v) is 4.45. The molecule has 1 heterocycles. The maximum absolute atomic E-state index is 5.92. The summed E-state index contributed by atoms with van der Waals surface area (Å²) in [5.41, 5.74) is 6.16. The molecule has 118 valence electrons. The highest BCUT2D eigenvalue weighted by Gasteiger charge is 2.17. The Morgan fingerprint density at radius 3 is 1.83 bits per heavy atom. The summed E-state index contributed by atoms with van der Waals surface area (Å²) in [7, 11) is 0. The van der Waals surface area contributed by atoms with Crippen molar-refractivity contribution in [2.45, 2.75) is 12.8 Å². The van der Waals surface area contributed by atoms with Gasteiger partial charge in [-0.2, -0.15) is 0 Å². The lowest BCUT2D eigenvalue weighted by Crippen LogP contribution is -1.94. The SMILES string of the molecule is c1ccc(/C(=C2/CCCO2)c2ccc(-c3ccccc3)cc2)cc1. The average Bonchev–Trinajstić information content (AvgIpc) is 3.18. The van der Waals surface area contributed by atoms with Crippen LogP contribution in [0.4, 0.5) is 0 Å². The minimum Gasteiger partial charge on any atom is -0.497 e. The monoisotopic (exact) mass is 312 g/mol. The highest BCUT2D eigenvalue weighted by Crippen LogP contribution is 2.33. The van der Waals surface area contributed by atoms with Crippen LogP contribution in [0.3, 0.4) is 0 Å². The van der Waals surface area contributed by atoms with Gasteiger partial charge in [0, 0.05) is 12.0 Å².